The monoisotopic (exact) mass is 534 g/mol. The lowest BCUT2D eigenvalue weighted by Crippen LogP contribution is -2.67. The van der Waals surface area contributed by atoms with Crippen molar-refractivity contribution < 1.29 is 44.2 Å². The van der Waals surface area contributed by atoms with E-state index in [-0.39, 0.29) is 34.4 Å². The molecule has 3 heterocycles. The summed E-state index contributed by atoms with van der Waals surface area (Å²) in [5.41, 5.74) is -0.264. The smallest absolute Gasteiger partial charge is 0.331 e. The van der Waals surface area contributed by atoms with E-state index in [0.29, 0.717) is 37.9 Å². The Hall–Kier alpha value is -1.07. The Labute approximate surface area is 223 Å². The van der Waals surface area contributed by atoms with Crippen molar-refractivity contribution in [3.8, 4) is 0 Å². The standard InChI is InChI=1S/C29H42O9/c1-15-22(31)23(32)24(33)25(37-15)38-17-5-8-27-14-36-29(10-9-28(27,34)12-17)19-4-3-18(16-11-21(30)35-13-16)26(19,2)7-6-20(27)29/h11,15,17-20,22-25,31-34H,3-10,12-14H2,1-2H3/t15-,17-,18-,19+,20?,22-,23+,24+,25-,26+,27-,28-,29+/m0/s1. The topological polar surface area (TPSA) is 135 Å². The van der Waals surface area contributed by atoms with E-state index in [1.54, 1.807) is 13.0 Å². The molecule has 1 spiro atoms. The number of aliphatic hydroxyl groups excluding tert-OH is 3. The van der Waals surface area contributed by atoms with Crippen molar-refractivity contribution in [3.05, 3.63) is 11.6 Å². The summed E-state index contributed by atoms with van der Waals surface area (Å²) in [6.45, 7) is 5.02. The molecule has 0 aromatic heterocycles. The molecule has 1 unspecified atom stereocenters. The summed E-state index contributed by atoms with van der Waals surface area (Å²) >= 11 is 0. The third kappa shape index (κ3) is 3.27. The van der Waals surface area contributed by atoms with E-state index in [0.717, 1.165) is 50.5 Å². The molecular weight excluding hydrogens is 492 g/mol. The second-order valence-corrected chi connectivity index (χ2v) is 13.7. The number of ether oxygens (including phenoxy) is 4. The molecule has 13 atom stereocenters. The van der Waals surface area contributed by atoms with Crippen molar-refractivity contribution in [1.82, 2.24) is 0 Å². The van der Waals surface area contributed by atoms with E-state index in [1.807, 2.05) is 0 Å². The van der Waals surface area contributed by atoms with Crippen LogP contribution in [0.1, 0.15) is 71.6 Å². The number of rotatable bonds is 3. The summed E-state index contributed by atoms with van der Waals surface area (Å²) in [7, 11) is 0. The molecule has 4 N–H and O–H groups in total. The van der Waals surface area contributed by atoms with E-state index in [1.165, 1.54) is 0 Å². The van der Waals surface area contributed by atoms with Gasteiger partial charge in [0.2, 0.25) is 0 Å². The molecule has 9 heteroatoms. The molecule has 3 aliphatic heterocycles. The highest BCUT2D eigenvalue weighted by Crippen LogP contribution is 2.74. The maximum absolute atomic E-state index is 12.3. The minimum Gasteiger partial charge on any atom is -0.458 e. The quantitative estimate of drug-likeness (QED) is 0.314. The van der Waals surface area contributed by atoms with Crippen LogP contribution < -0.4 is 0 Å². The molecule has 212 valence electrons. The van der Waals surface area contributed by atoms with Crippen molar-refractivity contribution in [3.63, 3.8) is 0 Å². The van der Waals surface area contributed by atoms with Crippen LogP contribution in [0.4, 0.5) is 0 Å². The van der Waals surface area contributed by atoms with Gasteiger partial charge in [0.15, 0.2) is 6.29 Å². The third-order valence-electron chi connectivity index (χ3n) is 12.4. The molecule has 2 saturated heterocycles. The largest absolute Gasteiger partial charge is 0.458 e. The molecule has 38 heavy (non-hydrogen) atoms. The van der Waals surface area contributed by atoms with Crippen LogP contribution in [-0.2, 0) is 23.7 Å². The Kier molecular flexibility index (Phi) is 5.77. The number of aliphatic hydroxyl groups is 4. The van der Waals surface area contributed by atoms with Gasteiger partial charge in [-0.3, -0.25) is 0 Å². The van der Waals surface area contributed by atoms with Crippen molar-refractivity contribution in [2.45, 2.75) is 120 Å². The SMILES string of the molecule is C[C@@H]1O[C@@H](O[C@H]2CC[C@@]34CO[C@@]5(CC[C@]3(O)C2)C4CC[C@@]2(C)[C@H]5CC[C@H]2C2=CC(=O)OC2)[C@H](O)[C@H](O)[C@H]1O. The summed E-state index contributed by atoms with van der Waals surface area (Å²) in [5, 5.41) is 43.0. The van der Waals surface area contributed by atoms with Crippen LogP contribution in [0.15, 0.2) is 11.6 Å². The average Bonchev–Trinajstić information content (AvgIpc) is 3.54. The molecule has 4 aliphatic carbocycles. The molecule has 7 aliphatic rings. The van der Waals surface area contributed by atoms with Gasteiger partial charge in [-0.25, -0.2) is 4.79 Å². The first-order valence-corrected chi connectivity index (χ1v) is 14.6. The Morgan fingerprint density at radius 3 is 2.55 bits per heavy atom. The van der Waals surface area contributed by atoms with Gasteiger partial charge >= 0.3 is 5.97 Å². The molecule has 0 aromatic carbocycles. The van der Waals surface area contributed by atoms with Crippen LogP contribution in [0.2, 0.25) is 0 Å². The highest BCUT2D eigenvalue weighted by molar-refractivity contribution is 5.85. The van der Waals surface area contributed by atoms with Gasteiger partial charge in [0.05, 0.1) is 30.0 Å². The Morgan fingerprint density at radius 2 is 1.79 bits per heavy atom. The third-order valence-corrected chi connectivity index (χ3v) is 12.4. The average molecular weight is 535 g/mol. The second kappa shape index (κ2) is 8.47. The first-order chi connectivity index (χ1) is 18.0. The van der Waals surface area contributed by atoms with E-state index >= 15 is 0 Å². The van der Waals surface area contributed by atoms with Gasteiger partial charge in [-0.15, -0.1) is 0 Å². The van der Waals surface area contributed by atoms with E-state index in [4.69, 9.17) is 18.9 Å². The number of carbonyl (C=O) groups is 1. The summed E-state index contributed by atoms with van der Waals surface area (Å²) in [6.07, 6.45) is 3.44. The van der Waals surface area contributed by atoms with Crippen LogP contribution in [0.3, 0.4) is 0 Å². The summed E-state index contributed by atoms with van der Waals surface area (Å²) < 4.78 is 24.0. The lowest BCUT2D eigenvalue weighted by molar-refractivity contribution is -0.315. The highest BCUT2D eigenvalue weighted by Gasteiger charge is 2.76. The molecule has 4 saturated carbocycles. The molecule has 0 radical (unpaired) electrons. The fourth-order valence-electron chi connectivity index (χ4n) is 10.5. The summed E-state index contributed by atoms with van der Waals surface area (Å²) in [5.74, 6) is 0.810. The van der Waals surface area contributed by atoms with Gasteiger partial charge in [0.25, 0.3) is 0 Å². The Bertz CT molecular complexity index is 1030. The fourth-order valence-corrected chi connectivity index (χ4v) is 10.5. The van der Waals surface area contributed by atoms with Gasteiger partial charge in [-0.05, 0) is 87.0 Å². The van der Waals surface area contributed by atoms with Gasteiger partial charge in [0, 0.05) is 17.9 Å². The normalized spacial score (nSPS) is 57.6. The number of carbonyl (C=O) groups excluding carboxylic acids is 1. The first-order valence-electron chi connectivity index (χ1n) is 14.6. The summed E-state index contributed by atoms with van der Waals surface area (Å²) in [6, 6.07) is 0. The number of fused-ring (bicyclic) bond motifs is 1. The molecule has 6 fully saturated rings. The first kappa shape index (κ1) is 25.9. The predicted molar refractivity (Wildman–Crippen MR) is 132 cm³/mol. The zero-order valence-corrected chi connectivity index (χ0v) is 22.4. The van der Waals surface area contributed by atoms with E-state index in [2.05, 4.69) is 6.92 Å². The maximum atomic E-state index is 12.3. The lowest BCUT2D eigenvalue weighted by atomic mass is 9.42. The van der Waals surface area contributed by atoms with Crippen molar-refractivity contribution in [1.29, 1.82) is 0 Å². The molecule has 7 rings (SSSR count). The van der Waals surface area contributed by atoms with Crippen LogP contribution in [0, 0.1) is 28.6 Å². The summed E-state index contributed by atoms with van der Waals surface area (Å²) in [4.78, 5) is 11.8. The van der Waals surface area contributed by atoms with E-state index < -0.39 is 36.3 Å². The number of hydrogen-bond acceptors (Lipinski definition) is 9. The Morgan fingerprint density at radius 1 is 0.974 bits per heavy atom. The van der Waals surface area contributed by atoms with E-state index in [9.17, 15) is 25.2 Å². The zero-order valence-electron chi connectivity index (χ0n) is 22.4. The molecule has 0 amide bonds. The van der Waals surface area contributed by atoms with Gasteiger partial charge in [-0.1, -0.05) is 6.92 Å². The zero-order chi connectivity index (χ0) is 26.7. The van der Waals surface area contributed by atoms with Crippen molar-refractivity contribution in [2.75, 3.05) is 13.2 Å². The molecule has 9 nitrogen and oxygen atoms in total. The Balaban J connectivity index is 1.11. The highest BCUT2D eigenvalue weighted by atomic mass is 16.7. The lowest BCUT2D eigenvalue weighted by Gasteiger charge is -2.63. The predicted octanol–water partition coefficient (Wildman–Crippen LogP) is 1.59. The minimum absolute atomic E-state index is 0.0637. The maximum Gasteiger partial charge on any atom is 0.331 e. The fraction of sp³-hybridized carbons (Fsp3) is 0.897. The van der Waals surface area contributed by atoms with Crippen LogP contribution in [0.25, 0.3) is 0 Å². The number of cyclic esters (lactones) is 1. The van der Waals surface area contributed by atoms with Gasteiger partial charge < -0.3 is 39.4 Å². The second-order valence-electron chi connectivity index (χ2n) is 13.7. The molecule has 2 bridgehead atoms. The number of esters is 1. The van der Waals surface area contributed by atoms with Crippen LogP contribution >= 0.6 is 0 Å². The number of hydrogen-bond donors (Lipinski definition) is 4. The molecule has 0 aromatic rings. The van der Waals surface area contributed by atoms with Crippen molar-refractivity contribution in [2.24, 2.45) is 28.6 Å². The minimum atomic E-state index is -1.34. The van der Waals surface area contributed by atoms with Gasteiger partial charge in [0.1, 0.15) is 24.9 Å². The van der Waals surface area contributed by atoms with Crippen molar-refractivity contribution >= 4 is 5.97 Å². The molecular formula is C29H42O9. The van der Waals surface area contributed by atoms with Crippen LogP contribution in [0.5, 0.6) is 0 Å². The van der Waals surface area contributed by atoms with Gasteiger partial charge in [-0.2, -0.15) is 0 Å². The van der Waals surface area contributed by atoms with Crippen LogP contribution in [-0.4, -0.2) is 87.6 Å².